The van der Waals surface area contributed by atoms with Gasteiger partial charge in [-0.1, -0.05) is 110 Å². The van der Waals surface area contributed by atoms with Gasteiger partial charge in [0.25, 0.3) is 0 Å². The van der Waals surface area contributed by atoms with Gasteiger partial charge in [0.05, 0.1) is 52.9 Å². The minimum Gasteiger partial charge on any atom is -0.384 e. The van der Waals surface area contributed by atoms with Gasteiger partial charge in [-0.25, -0.2) is 0 Å². The van der Waals surface area contributed by atoms with Crippen LogP contribution in [0, 0.1) is 5.92 Å². The largest absolute Gasteiger partial charge is 0.384 e. The highest BCUT2D eigenvalue weighted by atomic mass is 16.3. The Hall–Kier alpha value is -3.03. The van der Waals surface area contributed by atoms with Crippen LogP contribution in [0.1, 0.15) is 82.9 Å². The summed E-state index contributed by atoms with van der Waals surface area (Å²) in [6.45, 7) is 15.2. The molecular formula is C43H66N4O2+2. The number of carbonyl (C=O) groups is 1. The van der Waals surface area contributed by atoms with Gasteiger partial charge in [0, 0.05) is 26.1 Å². The third-order valence-corrected chi connectivity index (χ3v) is 12.3. The number of primary amides is 1. The van der Waals surface area contributed by atoms with Gasteiger partial charge in [-0.15, -0.1) is 0 Å². The molecule has 0 aromatic heterocycles. The topological polar surface area (TPSA) is 66.6 Å². The Bertz CT molecular complexity index is 1360. The van der Waals surface area contributed by atoms with E-state index in [1.165, 1.54) is 45.2 Å². The molecule has 1 aliphatic carbocycles. The fourth-order valence-electron chi connectivity index (χ4n) is 8.14. The first-order chi connectivity index (χ1) is 23.2. The average Bonchev–Trinajstić information content (AvgIpc) is 3.11. The van der Waals surface area contributed by atoms with Crippen molar-refractivity contribution in [3.63, 3.8) is 0 Å². The zero-order chi connectivity index (χ0) is 35.7. The summed E-state index contributed by atoms with van der Waals surface area (Å²) in [4.78, 5) is 15.4. The minimum absolute atomic E-state index is 0.283. The summed E-state index contributed by atoms with van der Waals surface area (Å²) in [5.74, 6) is 0.122. The van der Waals surface area contributed by atoms with Crippen LogP contribution in [0.15, 0.2) is 91.0 Å². The zero-order valence-corrected chi connectivity index (χ0v) is 31.7. The second kappa shape index (κ2) is 16.8. The van der Waals surface area contributed by atoms with Gasteiger partial charge >= 0.3 is 0 Å². The van der Waals surface area contributed by atoms with Crippen LogP contribution in [0.4, 0.5) is 0 Å². The van der Waals surface area contributed by atoms with Gasteiger partial charge in [-0.2, -0.15) is 0 Å². The average molecular weight is 671 g/mol. The summed E-state index contributed by atoms with van der Waals surface area (Å²) < 4.78 is 2.00. The van der Waals surface area contributed by atoms with E-state index < -0.39 is 11.0 Å². The molecule has 3 aromatic rings. The van der Waals surface area contributed by atoms with Crippen molar-refractivity contribution in [1.82, 2.24) is 4.90 Å². The normalized spacial score (nSPS) is 18.8. The van der Waals surface area contributed by atoms with Crippen LogP contribution in [0.3, 0.4) is 0 Å². The molecule has 6 heteroatoms. The van der Waals surface area contributed by atoms with Crippen LogP contribution in [0.25, 0.3) is 0 Å². The standard InChI is InChI=1S/C23H32N2O.C20H33N2O/c1-18(2)25(5,19(3)4)17-16-23(22(24)26,20-12-8-6-9-13-20)21-14-10-7-11-15-21;1-22(2)15-13-21(14-16-22)17-20(23,18-9-5-3-6-10-18)19-11-7-4-8-12-19/h6-15,18-19H,16-17H2,1-5H3,(H-,24,26);3,5-6,9-10,19,23H,4,7-8,11-17H2,1-2H3/q;+1/p+1. The molecule has 2 aliphatic rings. The molecule has 5 rings (SSSR count). The number of likely N-dealkylation sites (N-methyl/N-ethyl adjacent to an activating group) is 1. The van der Waals surface area contributed by atoms with E-state index in [4.69, 9.17) is 5.73 Å². The molecule has 0 radical (unpaired) electrons. The molecule has 3 aromatic carbocycles. The van der Waals surface area contributed by atoms with E-state index in [1.54, 1.807) is 0 Å². The van der Waals surface area contributed by atoms with Crippen LogP contribution in [-0.4, -0.2) is 97.4 Å². The molecule has 268 valence electrons. The first-order valence-corrected chi connectivity index (χ1v) is 18.8. The second-order valence-electron chi connectivity index (χ2n) is 16.3. The van der Waals surface area contributed by atoms with Crippen molar-refractivity contribution in [1.29, 1.82) is 0 Å². The Labute approximate surface area is 298 Å². The maximum Gasteiger partial charge on any atom is 0.232 e. The molecule has 1 aliphatic heterocycles. The number of aliphatic hydroxyl groups is 1. The Morgan fingerprint density at radius 1 is 0.796 bits per heavy atom. The fourth-order valence-corrected chi connectivity index (χ4v) is 8.14. The highest BCUT2D eigenvalue weighted by Crippen LogP contribution is 2.40. The number of hydrogen-bond donors (Lipinski definition) is 2. The summed E-state index contributed by atoms with van der Waals surface area (Å²) in [6, 6.07) is 31.3. The van der Waals surface area contributed by atoms with Gasteiger partial charge in [-0.05, 0) is 63.1 Å². The van der Waals surface area contributed by atoms with Crippen molar-refractivity contribution in [2.24, 2.45) is 11.7 Å². The molecule has 0 bridgehead atoms. The lowest BCUT2D eigenvalue weighted by molar-refractivity contribution is -0.949. The van der Waals surface area contributed by atoms with Gasteiger partial charge < -0.3 is 19.8 Å². The SMILES string of the molecule is CC(C)[N+](C)(CCC(C(N)=O)(c1ccccc1)c1ccccc1)C(C)C.C[N+]1(C)CCN(CC(O)(c2ccccc2)C2CCCCC2)CC1. The van der Waals surface area contributed by atoms with E-state index >= 15 is 0 Å². The number of amides is 1. The maximum atomic E-state index is 12.9. The van der Waals surface area contributed by atoms with E-state index in [0.29, 0.717) is 24.4 Å². The molecule has 1 heterocycles. The number of hydrogen-bond acceptors (Lipinski definition) is 3. The molecular weight excluding hydrogens is 604 g/mol. The van der Waals surface area contributed by atoms with Crippen molar-refractivity contribution >= 4 is 5.91 Å². The molecule has 6 nitrogen and oxygen atoms in total. The maximum absolute atomic E-state index is 12.9. The lowest BCUT2D eigenvalue weighted by Crippen LogP contribution is -2.58. The summed E-state index contributed by atoms with van der Waals surface area (Å²) >= 11 is 0. The molecule has 1 unspecified atom stereocenters. The first-order valence-electron chi connectivity index (χ1n) is 18.8. The van der Waals surface area contributed by atoms with Crippen LogP contribution in [-0.2, 0) is 15.8 Å². The third kappa shape index (κ3) is 9.21. The number of benzene rings is 3. The summed E-state index contributed by atoms with van der Waals surface area (Å²) in [7, 11) is 6.89. The summed E-state index contributed by atoms with van der Waals surface area (Å²) in [5.41, 5.74) is 7.63. The van der Waals surface area contributed by atoms with Crippen molar-refractivity contribution in [3.8, 4) is 0 Å². The molecule has 3 N–H and O–H groups in total. The van der Waals surface area contributed by atoms with E-state index in [1.807, 2.05) is 66.7 Å². The first kappa shape index (κ1) is 38.8. The van der Waals surface area contributed by atoms with Crippen molar-refractivity contribution < 1.29 is 18.9 Å². The lowest BCUT2D eigenvalue weighted by Gasteiger charge is -2.45. The summed E-state index contributed by atoms with van der Waals surface area (Å²) in [5, 5.41) is 11.7. The third-order valence-electron chi connectivity index (χ3n) is 12.3. The number of quaternary nitrogens is 2. The zero-order valence-electron chi connectivity index (χ0n) is 31.7. The minimum atomic E-state index is -0.814. The fraction of sp³-hybridized carbons (Fsp3) is 0.558. The van der Waals surface area contributed by atoms with Crippen molar-refractivity contribution in [2.45, 2.75) is 89.3 Å². The van der Waals surface area contributed by atoms with Crippen molar-refractivity contribution in [3.05, 3.63) is 108 Å². The van der Waals surface area contributed by atoms with Crippen LogP contribution in [0.5, 0.6) is 0 Å². The molecule has 1 amide bonds. The Kier molecular flexibility index (Phi) is 13.3. The van der Waals surface area contributed by atoms with Crippen molar-refractivity contribution in [2.75, 3.05) is 60.4 Å². The highest BCUT2D eigenvalue weighted by molar-refractivity contribution is 5.90. The predicted octanol–water partition coefficient (Wildman–Crippen LogP) is 6.96. The number of piperazine rings is 1. The number of carbonyl (C=O) groups excluding carboxylic acids is 1. The smallest absolute Gasteiger partial charge is 0.232 e. The summed E-state index contributed by atoms with van der Waals surface area (Å²) in [6.07, 6.45) is 6.88. The predicted molar refractivity (Wildman–Crippen MR) is 204 cm³/mol. The van der Waals surface area contributed by atoms with Crippen LogP contribution in [0.2, 0.25) is 0 Å². The quantitative estimate of drug-likeness (QED) is 0.205. The second-order valence-corrected chi connectivity index (χ2v) is 16.3. The highest BCUT2D eigenvalue weighted by Gasteiger charge is 2.44. The van der Waals surface area contributed by atoms with Crippen LogP contribution < -0.4 is 5.73 Å². The van der Waals surface area contributed by atoms with Gasteiger partial charge in [-0.3, -0.25) is 9.69 Å². The van der Waals surface area contributed by atoms with Crippen LogP contribution >= 0.6 is 0 Å². The van der Waals surface area contributed by atoms with E-state index in [9.17, 15) is 9.90 Å². The van der Waals surface area contributed by atoms with E-state index in [-0.39, 0.29) is 5.91 Å². The van der Waals surface area contributed by atoms with Gasteiger partial charge in [0.1, 0.15) is 11.0 Å². The monoisotopic (exact) mass is 671 g/mol. The van der Waals surface area contributed by atoms with Gasteiger partial charge in [0.15, 0.2) is 0 Å². The molecule has 49 heavy (non-hydrogen) atoms. The number of nitrogens with two attached hydrogens (primary N) is 1. The Morgan fingerprint density at radius 3 is 1.63 bits per heavy atom. The molecule has 2 fully saturated rings. The number of β-amino-alcohol motifs (C(OH)–C–C–N with tert-alkyl or cyclic N) is 1. The Morgan fingerprint density at radius 2 is 1.22 bits per heavy atom. The number of rotatable bonds is 12. The molecule has 1 saturated carbocycles. The van der Waals surface area contributed by atoms with E-state index in [2.05, 4.69) is 78.0 Å². The molecule has 1 atom stereocenters. The number of nitrogens with zero attached hydrogens (tertiary/aromatic N) is 3. The van der Waals surface area contributed by atoms with Gasteiger partial charge in [0.2, 0.25) is 5.91 Å². The lowest BCUT2D eigenvalue weighted by atomic mass is 9.71. The molecule has 0 spiro atoms. The van der Waals surface area contributed by atoms with E-state index in [0.717, 1.165) is 51.8 Å². The Balaban J connectivity index is 0.000000222. The molecule has 1 saturated heterocycles.